The van der Waals surface area contributed by atoms with Crippen molar-refractivity contribution in [3.63, 3.8) is 0 Å². The molecule has 0 spiro atoms. The van der Waals surface area contributed by atoms with E-state index in [1.807, 2.05) is 35.7 Å². The first-order valence-electron chi connectivity index (χ1n) is 7.60. The number of thiazole rings is 1. The van der Waals surface area contributed by atoms with E-state index in [4.69, 9.17) is 5.11 Å². The first kappa shape index (κ1) is 14.8. The van der Waals surface area contributed by atoms with E-state index in [2.05, 4.69) is 22.4 Å². The molecule has 1 aromatic heterocycles. The number of carbonyl (C=O) groups excluding carboxylic acids is 1. The molecule has 3 aromatic rings. The Morgan fingerprint density at radius 1 is 1.12 bits per heavy atom. The van der Waals surface area contributed by atoms with Crippen LogP contribution in [0.25, 0.3) is 22.0 Å². The summed E-state index contributed by atoms with van der Waals surface area (Å²) in [5.74, 6) is -2.16. The molecule has 2 aromatic carbocycles. The van der Waals surface area contributed by atoms with E-state index in [9.17, 15) is 9.59 Å². The smallest absolute Gasteiger partial charge is 0.307 e. The molecule has 120 valence electrons. The number of carboxylic acids is 1. The largest absolute Gasteiger partial charge is 0.481 e. The summed E-state index contributed by atoms with van der Waals surface area (Å²) in [5, 5.41) is 16.3. The average Bonchev–Trinajstić information content (AvgIpc) is 3.28. The van der Waals surface area contributed by atoms with Crippen molar-refractivity contribution in [1.29, 1.82) is 0 Å². The summed E-state index contributed by atoms with van der Waals surface area (Å²) < 4.78 is 0. The second-order valence-corrected chi connectivity index (χ2v) is 6.73. The van der Waals surface area contributed by atoms with E-state index in [0.29, 0.717) is 11.6 Å². The van der Waals surface area contributed by atoms with Crippen LogP contribution in [0, 0.1) is 11.8 Å². The maximum atomic E-state index is 12.0. The number of carbonyl (C=O) groups is 2. The molecule has 1 aliphatic rings. The fraction of sp³-hybridized carbons (Fsp3) is 0.167. The van der Waals surface area contributed by atoms with Crippen molar-refractivity contribution in [3.05, 3.63) is 47.8 Å². The van der Waals surface area contributed by atoms with Crippen LogP contribution in [0.2, 0.25) is 0 Å². The molecule has 1 aliphatic carbocycles. The molecule has 1 saturated carbocycles. The van der Waals surface area contributed by atoms with Crippen LogP contribution in [-0.4, -0.2) is 22.0 Å². The van der Waals surface area contributed by atoms with Crippen LogP contribution in [0.15, 0.2) is 47.8 Å². The summed E-state index contributed by atoms with van der Waals surface area (Å²) >= 11 is 1.34. The minimum Gasteiger partial charge on any atom is -0.481 e. The normalized spacial score (nSPS) is 19.2. The second kappa shape index (κ2) is 5.72. The van der Waals surface area contributed by atoms with E-state index in [1.54, 1.807) is 0 Å². The number of aliphatic carboxylic acids is 1. The number of amides is 1. The van der Waals surface area contributed by atoms with Crippen molar-refractivity contribution in [1.82, 2.24) is 4.98 Å². The summed E-state index contributed by atoms with van der Waals surface area (Å²) in [5.41, 5.74) is 1.78. The number of fused-ring (bicyclic) bond motifs is 1. The third-order valence-electron chi connectivity index (χ3n) is 4.22. The molecule has 4 rings (SSSR count). The average molecular weight is 338 g/mol. The van der Waals surface area contributed by atoms with Gasteiger partial charge in [0.15, 0.2) is 5.13 Å². The Morgan fingerprint density at radius 3 is 2.67 bits per heavy atom. The number of hydrogen-bond donors (Lipinski definition) is 2. The van der Waals surface area contributed by atoms with Crippen molar-refractivity contribution in [2.24, 2.45) is 11.8 Å². The van der Waals surface area contributed by atoms with Crippen molar-refractivity contribution < 1.29 is 14.7 Å². The molecule has 0 unspecified atom stereocenters. The quantitative estimate of drug-likeness (QED) is 0.761. The number of hydrogen-bond acceptors (Lipinski definition) is 4. The summed E-state index contributed by atoms with van der Waals surface area (Å²) in [6.07, 6.45) is 0.407. The number of benzene rings is 2. The van der Waals surface area contributed by atoms with Crippen LogP contribution in [0.3, 0.4) is 0 Å². The first-order chi connectivity index (χ1) is 11.6. The molecule has 24 heavy (non-hydrogen) atoms. The van der Waals surface area contributed by atoms with Crippen molar-refractivity contribution >= 4 is 39.1 Å². The first-order valence-corrected chi connectivity index (χ1v) is 8.48. The fourth-order valence-electron chi connectivity index (χ4n) is 2.77. The van der Waals surface area contributed by atoms with E-state index in [0.717, 1.165) is 16.6 Å². The van der Waals surface area contributed by atoms with Crippen LogP contribution >= 0.6 is 11.3 Å². The highest BCUT2D eigenvalue weighted by Gasteiger charge is 2.48. The SMILES string of the molecule is O=C(Nc1nc(-c2ccc3ccccc3c2)cs1)[C@H]1C[C@H]1C(=O)O. The summed E-state index contributed by atoms with van der Waals surface area (Å²) in [4.78, 5) is 27.3. The number of nitrogens with zero attached hydrogens (tertiary/aromatic N) is 1. The van der Waals surface area contributed by atoms with Gasteiger partial charge in [0.05, 0.1) is 17.5 Å². The molecule has 5 nitrogen and oxygen atoms in total. The van der Waals surface area contributed by atoms with Crippen LogP contribution < -0.4 is 5.32 Å². The lowest BCUT2D eigenvalue weighted by molar-refractivity contribution is -0.139. The van der Waals surface area contributed by atoms with Gasteiger partial charge in [-0.1, -0.05) is 36.4 Å². The van der Waals surface area contributed by atoms with Gasteiger partial charge in [-0.05, 0) is 23.3 Å². The zero-order valence-electron chi connectivity index (χ0n) is 12.6. The summed E-state index contributed by atoms with van der Waals surface area (Å²) in [6, 6.07) is 14.2. The van der Waals surface area contributed by atoms with Gasteiger partial charge in [-0.25, -0.2) is 4.98 Å². The number of anilines is 1. The Morgan fingerprint density at radius 2 is 1.92 bits per heavy atom. The zero-order chi connectivity index (χ0) is 16.7. The highest BCUT2D eigenvalue weighted by molar-refractivity contribution is 7.14. The molecule has 2 N–H and O–H groups in total. The molecule has 2 atom stereocenters. The molecule has 0 bridgehead atoms. The van der Waals surface area contributed by atoms with Crippen LogP contribution in [0.4, 0.5) is 5.13 Å². The lowest BCUT2D eigenvalue weighted by Crippen LogP contribution is -2.16. The number of rotatable bonds is 4. The van der Waals surface area contributed by atoms with Gasteiger partial charge in [-0.3, -0.25) is 9.59 Å². The summed E-state index contributed by atoms with van der Waals surface area (Å²) in [6.45, 7) is 0. The third kappa shape index (κ3) is 2.76. The maximum Gasteiger partial charge on any atom is 0.307 e. The predicted molar refractivity (Wildman–Crippen MR) is 92.9 cm³/mol. The monoisotopic (exact) mass is 338 g/mol. The van der Waals surface area contributed by atoms with Crippen molar-refractivity contribution in [2.45, 2.75) is 6.42 Å². The lowest BCUT2D eigenvalue weighted by Gasteiger charge is -2.01. The van der Waals surface area contributed by atoms with E-state index in [-0.39, 0.29) is 5.91 Å². The maximum absolute atomic E-state index is 12.0. The molecule has 1 heterocycles. The van der Waals surface area contributed by atoms with E-state index in [1.165, 1.54) is 16.7 Å². The van der Waals surface area contributed by atoms with Crippen molar-refractivity contribution in [2.75, 3.05) is 5.32 Å². The number of carboxylic acid groups (broad SMARTS) is 1. The van der Waals surface area contributed by atoms with Crippen molar-refractivity contribution in [3.8, 4) is 11.3 Å². The Labute approximate surface area is 142 Å². The van der Waals surface area contributed by atoms with Gasteiger partial charge in [0, 0.05) is 10.9 Å². The van der Waals surface area contributed by atoms with Gasteiger partial charge in [-0.2, -0.15) is 0 Å². The standard InChI is InChI=1S/C18H14N2O3S/c21-16(13-8-14(13)17(22)23)20-18-19-15(9-24-18)12-6-5-10-3-1-2-4-11(10)7-12/h1-7,9,13-14H,8H2,(H,22,23)(H,19,20,21)/t13-,14+/m0/s1. The predicted octanol–water partition coefficient (Wildman–Crippen LogP) is 3.62. The van der Waals surface area contributed by atoms with Crippen LogP contribution in [-0.2, 0) is 9.59 Å². The lowest BCUT2D eigenvalue weighted by atomic mass is 10.1. The molecule has 1 amide bonds. The molecular weight excluding hydrogens is 324 g/mol. The molecule has 0 saturated heterocycles. The topological polar surface area (TPSA) is 79.3 Å². The Hall–Kier alpha value is -2.73. The highest BCUT2D eigenvalue weighted by atomic mass is 32.1. The number of nitrogens with one attached hydrogen (secondary N) is 1. The highest BCUT2D eigenvalue weighted by Crippen LogP contribution is 2.39. The van der Waals surface area contributed by atoms with Gasteiger partial charge in [0.2, 0.25) is 5.91 Å². The minimum atomic E-state index is -0.911. The Bertz CT molecular complexity index is 950. The second-order valence-electron chi connectivity index (χ2n) is 5.88. The third-order valence-corrected chi connectivity index (χ3v) is 4.98. The molecule has 0 aliphatic heterocycles. The summed E-state index contributed by atoms with van der Waals surface area (Å²) in [7, 11) is 0. The van der Waals surface area contributed by atoms with Crippen LogP contribution in [0.1, 0.15) is 6.42 Å². The minimum absolute atomic E-state index is 0.262. The van der Waals surface area contributed by atoms with E-state index >= 15 is 0 Å². The van der Waals surface area contributed by atoms with E-state index < -0.39 is 17.8 Å². The Kier molecular flexibility index (Phi) is 3.54. The van der Waals surface area contributed by atoms with Crippen LogP contribution in [0.5, 0.6) is 0 Å². The molecule has 1 fully saturated rings. The molecule has 0 radical (unpaired) electrons. The Balaban J connectivity index is 1.51. The van der Waals surface area contributed by atoms with Gasteiger partial charge < -0.3 is 10.4 Å². The van der Waals surface area contributed by atoms with Gasteiger partial charge in [0.1, 0.15) is 0 Å². The van der Waals surface area contributed by atoms with Gasteiger partial charge in [0.25, 0.3) is 0 Å². The van der Waals surface area contributed by atoms with Gasteiger partial charge in [-0.15, -0.1) is 11.3 Å². The van der Waals surface area contributed by atoms with Gasteiger partial charge >= 0.3 is 5.97 Å². The molecular formula is C18H14N2O3S. The fourth-order valence-corrected chi connectivity index (χ4v) is 3.49. The zero-order valence-corrected chi connectivity index (χ0v) is 13.4. The molecule has 6 heteroatoms. The number of aromatic nitrogens is 1.